The first-order valence-electron chi connectivity index (χ1n) is 1.25. The summed E-state index contributed by atoms with van der Waals surface area (Å²) in [5.74, 6) is 0. The molecule has 2 N–H and O–H groups in total. The van der Waals surface area contributed by atoms with E-state index >= 15 is 0 Å². The van der Waals surface area contributed by atoms with E-state index in [-0.39, 0.29) is 29.6 Å². The Morgan fingerprint density at radius 2 is 1.20 bits per heavy atom. The van der Waals surface area contributed by atoms with Gasteiger partial charge in [0.25, 0.3) is 0 Å². The van der Waals surface area contributed by atoms with Crippen molar-refractivity contribution in [1.82, 2.24) is 10.9 Å². The summed E-state index contributed by atoms with van der Waals surface area (Å²) in [5, 5.41) is 0. The Kier molecular flexibility index (Phi) is 16.5. The molecule has 27 valence electrons. The van der Waals surface area contributed by atoms with Crippen LogP contribution < -0.4 is 10.9 Å². The van der Waals surface area contributed by atoms with E-state index in [9.17, 15) is 0 Å². The van der Waals surface area contributed by atoms with Gasteiger partial charge in [0, 0.05) is 29.6 Å². The number of hydrogen-bond donors (Lipinski definition) is 2. The molecule has 0 aromatic heterocycles. The van der Waals surface area contributed by atoms with E-state index in [2.05, 4.69) is 10.9 Å². The quantitative estimate of drug-likeness (QED) is 0.312. The topological polar surface area (TPSA) is 24.1 Å². The molecule has 0 saturated heterocycles. The number of nitrogens with one attached hydrogen (secondary N) is 2. The summed E-state index contributed by atoms with van der Waals surface area (Å²) >= 11 is 0. The van der Waals surface area contributed by atoms with Gasteiger partial charge in [-0.2, -0.15) is 0 Å². The van der Waals surface area contributed by atoms with Crippen LogP contribution in [-0.2, 0) is 0 Å². The van der Waals surface area contributed by atoms with Crippen LogP contribution in [0.5, 0.6) is 0 Å². The maximum atomic E-state index is 2.68. The van der Waals surface area contributed by atoms with Gasteiger partial charge in [0.05, 0.1) is 0 Å². The van der Waals surface area contributed by atoms with Gasteiger partial charge in [-0.3, -0.25) is 10.9 Å². The Bertz CT molecular complexity index is 9.61. The minimum Gasteiger partial charge on any atom is -0.261 e. The van der Waals surface area contributed by atoms with Crippen molar-refractivity contribution in [3.05, 3.63) is 0 Å². The van der Waals surface area contributed by atoms with Crippen molar-refractivity contribution < 1.29 is 0 Å². The van der Waals surface area contributed by atoms with Crippen molar-refractivity contribution in [1.29, 1.82) is 0 Å². The monoisotopic (exact) mass is 83.1 g/mol. The van der Waals surface area contributed by atoms with Crippen LogP contribution >= 0.6 is 0 Å². The van der Waals surface area contributed by atoms with Crippen LogP contribution in [0.3, 0.4) is 0 Å². The summed E-state index contributed by atoms with van der Waals surface area (Å²) in [4.78, 5) is 0. The van der Waals surface area contributed by atoms with Crippen molar-refractivity contribution in [2.45, 2.75) is 0 Å². The van der Waals surface area contributed by atoms with Gasteiger partial charge in [-0.1, -0.05) is 0 Å². The van der Waals surface area contributed by atoms with Gasteiger partial charge in [-0.05, 0) is 14.1 Å². The maximum Gasteiger partial charge on any atom is 0 e. The molecule has 1 radical (unpaired) electrons. The third-order valence-electron chi connectivity index (χ3n) is 0.250. The van der Waals surface area contributed by atoms with Crippen molar-refractivity contribution >= 4 is 29.6 Å². The van der Waals surface area contributed by atoms with Gasteiger partial charge in [0.15, 0.2) is 0 Å². The molecule has 0 aromatic rings. The van der Waals surface area contributed by atoms with Gasteiger partial charge in [0.1, 0.15) is 0 Å². The van der Waals surface area contributed by atoms with Crippen molar-refractivity contribution in [3.63, 3.8) is 0 Å². The average molecular weight is 83.1 g/mol. The molecule has 0 atom stereocenters. The molecule has 0 aliphatic rings. The number of hydrazine groups is 1. The molecule has 5 heavy (non-hydrogen) atoms. The van der Waals surface area contributed by atoms with Gasteiger partial charge in [-0.25, -0.2) is 0 Å². The first-order chi connectivity index (χ1) is 1.91. The third-order valence-corrected chi connectivity index (χ3v) is 0.250. The van der Waals surface area contributed by atoms with Crippen LogP contribution in [0, 0.1) is 0 Å². The summed E-state index contributed by atoms with van der Waals surface area (Å²) < 4.78 is 0. The fourth-order valence-electron chi connectivity index (χ4n) is 0. The van der Waals surface area contributed by atoms with Crippen molar-refractivity contribution in [2.75, 3.05) is 14.1 Å². The standard InChI is InChI=1S/C2H8N2.Na/c1-3-4-2;/h3-4H,1-2H3;. The average Bonchev–Trinajstić information content (AvgIpc) is 1.37. The second-order valence-electron chi connectivity index (χ2n) is 0.500. The van der Waals surface area contributed by atoms with Gasteiger partial charge >= 0.3 is 0 Å². The fourth-order valence-corrected chi connectivity index (χ4v) is 0. The fraction of sp³-hybridized carbons (Fsp3) is 1.00. The molecular formula is C2H8N2Na. The SMILES string of the molecule is CNNC.[Na]. The third kappa shape index (κ3) is 11.4. The number of hydrogen-bond acceptors (Lipinski definition) is 2. The van der Waals surface area contributed by atoms with Crippen LogP contribution in [0.4, 0.5) is 0 Å². The molecular weight excluding hydrogens is 75.0 g/mol. The minimum atomic E-state index is 0. The molecule has 3 heteroatoms. The molecule has 0 fully saturated rings. The van der Waals surface area contributed by atoms with Crippen molar-refractivity contribution in [3.8, 4) is 0 Å². The molecule has 0 aliphatic heterocycles. The zero-order valence-electron chi connectivity index (χ0n) is 4.00. The molecule has 0 saturated carbocycles. The molecule has 2 nitrogen and oxygen atoms in total. The summed E-state index contributed by atoms with van der Waals surface area (Å²) in [6, 6.07) is 0. The van der Waals surface area contributed by atoms with Crippen LogP contribution in [-0.4, -0.2) is 43.7 Å². The predicted octanol–water partition coefficient (Wildman–Crippen LogP) is -1.04. The van der Waals surface area contributed by atoms with Crippen LogP contribution in [0.25, 0.3) is 0 Å². The molecule has 0 heterocycles. The predicted molar refractivity (Wildman–Crippen MR) is 23.9 cm³/mol. The van der Waals surface area contributed by atoms with Gasteiger partial charge in [-0.15, -0.1) is 0 Å². The van der Waals surface area contributed by atoms with E-state index in [0.717, 1.165) is 0 Å². The minimum absolute atomic E-state index is 0. The first kappa shape index (κ1) is 9.33. The van der Waals surface area contributed by atoms with E-state index in [4.69, 9.17) is 0 Å². The number of rotatable bonds is 1. The van der Waals surface area contributed by atoms with E-state index in [1.807, 2.05) is 14.1 Å². The summed E-state index contributed by atoms with van der Waals surface area (Å²) in [7, 11) is 3.64. The van der Waals surface area contributed by atoms with E-state index in [1.54, 1.807) is 0 Å². The van der Waals surface area contributed by atoms with Crippen LogP contribution in [0.2, 0.25) is 0 Å². The second-order valence-corrected chi connectivity index (χ2v) is 0.500. The Morgan fingerprint density at radius 3 is 1.20 bits per heavy atom. The zero-order valence-corrected chi connectivity index (χ0v) is 6.00. The molecule has 0 aromatic carbocycles. The van der Waals surface area contributed by atoms with Gasteiger partial charge in [0.2, 0.25) is 0 Å². The molecule has 0 spiro atoms. The summed E-state index contributed by atoms with van der Waals surface area (Å²) in [6.07, 6.45) is 0. The normalized spacial score (nSPS) is 6.00. The van der Waals surface area contributed by atoms with Gasteiger partial charge < -0.3 is 0 Å². The smallest absolute Gasteiger partial charge is 0 e. The van der Waals surface area contributed by atoms with Crippen LogP contribution in [0.15, 0.2) is 0 Å². The van der Waals surface area contributed by atoms with Crippen molar-refractivity contribution in [2.24, 2.45) is 0 Å². The largest absolute Gasteiger partial charge is 0.261 e. The van der Waals surface area contributed by atoms with E-state index in [1.165, 1.54) is 0 Å². The molecule has 0 aliphatic carbocycles. The Hall–Kier alpha value is 0.920. The van der Waals surface area contributed by atoms with Crippen LogP contribution in [0.1, 0.15) is 0 Å². The zero-order chi connectivity index (χ0) is 3.41. The Balaban J connectivity index is 0. The summed E-state index contributed by atoms with van der Waals surface area (Å²) in [5.41, 5.74) is 5.36. The van der Waals surface area contributed by atoms with E-state index in [0.29, 0.717) is 0 Å². The van der Waals surface area contributed by atoms with E-state index < -0.39 is 0 Å². The molecule has 0 bridgehead atoms. The summed E-state index contributed by atoms with van der Waals surface area (Å²) in [6.45, 7) is 0. The molecule has 0 rings (SSSR count). The Morgan fingerprint density at radius 1 is 1.00 bits per heavy atom. The second kappa shape index (κ2) is 8.87. The Labute approximate surface area is 54.6 Å². The maximum absolute atomic E-state index is 2.68. The molecule has 0 amide bonds. The first-order valence-corrected chi connectivity index (χ1v) is 1.25. The molecule has 0 unspecified atom stereocenters.